The van der Waals surface area contributed by atoms with Crippen LogP contribution in [0.3, 0.4) is 0 Å². The molecule has 2 N–H and O–H groups in total. The number of fused-ring (bicyclic) bond motifs is 1. The number of rotatable bonds is 2. The number of likely N-dealkylation sites (N-methyl/N-ethyl adjacent to an activating group) is 1. The molecule has 3 heterocycles. The largest absolute Gasteiger partial charge is 0.389 e. The van der Waals surface area contributed by atoms with Crippen LogP contribution < -0.4 is 15.1 Å². The Morgan fingerprint density at radius 2 is 2.03 bits per heavy atom. The van der Waals surface area contributed by atoms with Crippen molar-refractivity contribution in [3.63, 3.8) is 0 Å². The maximum absolute atomic E-state index is 13.1. The zero-order valence-corrected chi connectivity index (χ0v) is 17.5. The van der Waals surface area contributed by atoms with Crippen LogP contribution in [0.1, 0.15) is 5.56 Å². The quantitative estimate of drug-likeness (QED) is 0.652. The molecule has 0 spiro atoms. The van der Waals surface area contributed by atoms with Gasteiger partial charge in [0.2, 0.25) is 0 Å². The average Bonchev–Trinajstić information content (AvgIpc) is 2.83. The molecular weight excluding hydrogens is 402 g/mol. The molecule has 7 nitrogen and oxygen atoms in total. The molecule has 0 fully saturated rings. The molecule has 4 rings (SSSR count). The number of aliphatic hydroxyl groups is 1. The highest BCUT2D eigenvalue weighted by Crippen LogP contribution is 2.33. The van der Waals surface area contributed by atoms with E-state index in [9.17, 15) is 9.90 Å². The van der Waals surface area contributed by atoms with E-state index in [1.165, 1.54) is 4.90 Å². The number of nitrogens with one attached hydrogen (secondary N) is 1. The number of aromatic nitrogens is 2. The van der Waals surface area contributed by atoms with Crippen LogP contribution >= 0.6 is 11.6 Å². The zero-order chi connectivity index (χ0) is 21.3. The summed E-state index contributed by atoms with van der Waals surface area (Å²) in [6, 6.07) is 12.7. The Balaban J connectivity index is 1.74. The van der Waals surface area contributed by atoms with Gasteiger partial charge >= 0.3 is 6.03 Å². The smallest absolute Gasteiger partial charge is 0.327 e. The van der Waals surface area contributed by atoms with Gasteiger partial charge in [0.15, 0.2) is 5.82 Å². The van der Waals surface area contributed by atoms with Gasteiger partial charge in [-0.25, -0.2) is 9.78 Å². The van der Waals surface area contributed by atoms with E-state index in [0.717, 1.165) is 16.8 Å². The van der Waals surface area contributed by atoms with Crippen LogP contribution in [0.5, 0.6) is 0 Å². The number of carbonyl (C=O) groups excluding carboxylic acids is 1. The van der Waals surface area contributed by atoms with E-state index in [4.69, 9.17) is 16.6 Å². The van der Waals surface area contributed by atoms with Gasteiger partial charge in [-0.2, -0.15) is 0 Å². The maximum atomic E-state index is 13.1. The lowest BCUT2D eigenvalue weighted by atomic mass is 10.1. The number of hydrogen-bond acceptors (Lipinski definition) is 5. The average molecular weight is 424 g/mol. The molecule has 3 aromatic rings. The van der Waals surface area contributed by atoms with Gasteiger partial charge in [0.1, 0.15) is 0 Å². The Bertz CT molecular complexity index is 1090. The van der Waals surface area contributed by atoms with Crippen LogP contribution in [0, 0.1) is 6.92 Å². The highest BCUT2D eigenvalue weighted by molar-refractivity contribution is 6.30. The van der Waals surface area contributed by atoms with Crippen molar-refractivity contribution in [1.82, 2.24) is 9.97 Å². The number of pyridine rings is 2. The highest BCUT2D eigenvalue weighted by atomic mass is 35.5. The number of anilines is 3. The molecule has 0 aliphatic carbocycles. The van der Waals surface area contributed by atoms with Gasteiger partial charge < -0.3 is 15.3 Å². The summed E-state index contributed by atoms with van der Waals surface area (Å²) in [6.07, 6.45) is 2.58. The number of amides is 2. The molecule has 1 aliphatic heterocycles. The molecule has 0 saturated carbocycles. The van der Waals surface area contributed by atoms with Crippen molar-refractivity contribution < 1.29 is 9.90 Å². The number of nitrogens with zero attached hydrogens (tertiary/aromatic N) is 4. The van der Waals surface area contributed by atoms with E-state index < -0.39 is 6.10 Å². The molecular formula is C22H22ClN5O2. The van der Waals surface area contributed by atoms with E-state index in [1.54, 1.807) is 18.5 Å². The number of halogens is 1. The number of β-amino-alcohol motifs (C(OH)–C–C–N with tert-alkyl or cyclic N) is 1. The lowest BCUT2D eigenvalue weighted by molar-refractivity contribution is 0.187. The SMILES string of the molecule is Cc1cncc(NC(=O)N2C[C@H](O)CN(C)c3ccc(-c4cccc(Cl)c4)nc32)c1. The minimum absolute atomic E-state index is 0.119. The lowest BCUT2D eigenvalue weighted by Crippen LogP contribution is -2.41. The number of hydrogen-bond donors (Lipinski definition) is 2. The van der Waals surface area contributed by atoms with Gasteiger partial charge in [-0.3, -0.25) is 9.88 Å². The molecule has 154 valence electrons. The second kappa shape index (κ2) is 8.30. The van der Waals surface area contributed by atoms with Crippen molar-refractivity contribution in [2.75, 3.05) is 35.3 Å². The normalized spacial score (nSPS) is 16.1. The number of aryl methyl sites for hydroxylation is 1. The molecule has 1 aliphatic rings. The first-order valence-corrected chi connectivity index (χ1v) is 9.95. The fourth-order valence-corrected chi connectivity index (χ4v) is 3.70. The number of benzene rings is 1. The molecule has 1 aromatic carbocycles. The monoisotopic (exact) mass is 423 g/mol. The minimum atomic E-state index is -0.722. The molecule has 0 bridgehead atoms. The van der Waals surface area contributed by atoms with Crippen molar-refractivity contribution in [2.24, 2.45) is 0 Å². The fourth-order valence-electron chi connectivity index (χ4n) is 3.51. The van der Waals surface area contributed by atoms with E-state index >= 15 is 0 Å². The minimum Gasteiger partial charge on any atom is -0.389 e. The Kier molecular flexibility index (Phi) is 5.57. The molecule has 1 atom stereocenters. The predicted octanol–water partition coefficient (Wildman–Crippen LogP) is 3.95. The molecule has 0 radical (unpaired) electrons. The van der Waals surface area contributed by atoms with E-state index in [1.807, 2.05) is 55.3 Å². The fraction of sp³-hybridized carbons (Fsp3) is 0.227. The van der Waals surface area contributed by atoms with Crippen LogP contribution in [-0.2, 0) is 0 Å². The Morgan fingerprint density at radius 3 is 2.80 bits per heavy atom. The van der Waals surface area contributed by atoms with Gasteiger partial charge in [0.25, 0.3) is 0 Å². The molecule has 8 heteroatoms. The third-order valence-electron chi connectivity index (χ3n) is 4.89. The van der Waals surface area contributed by atoms with Crippen molar-refractivity contribution in [1.29, 1.82) is 0 Å². The third-order valence-corrected chi connectivity index (χ3v) is 5.13. The standard InChI is InChI=1S/C22H22ClN5O2/c1-14-8-17(11-24-10-14)25-22(30)28-13-18(29)12-27(2)20-7-6-19(26-21(20)28)15-4-3-5-16(23)9-15/h3-11,18,29H,12-13H2,1-2H3,(H,25,30)/t18-/m1/s1. The Labute approximate surface area is 179 Å². The second-order valence-electron chi connectivity index (χ2n) is 7.38. The third kappa shape index (κ3) is 4.22. The van der Waals surface area contributed by atoms with Crippen molar-refractivity contribution in [3.05, 3.63) is 65.4 Å². The first-order chi connectivity index (χ1) is 14.4. The van der Waals surface area contributed by atoms with Crippen LogP contribution in [0.25, 0.3) is 11.3 Å². The second-order valence-corrected chi connectivity index (χ2v) is 7.81. The van der Waals surface area contributed by atoms with Crippen molar-refractivity contribution >= 4 is 34.8 Å². The lowest BCUT2D eigenvalue weighted by Gasteiger charge is -2.24. The van der Waals surface area contributed by atoms with E-state index in [-0.39, 0.29) is 12.6 Å². The summed E-state index contributed by atoms with van der Waals surface area (Å²) in [5.74, 6) is 0.477. The Morgan fingerprint density at radius 1 is 1.20 bits per heavy atom. The number of carbonyl (C=O) groups is 1. The summed E-state index contributed by atoms with van der Waals surface area (Å²) in [7, 11) is 1.87. The number of aliphatic hydroxyl groups excluding tert-OH is 1. The molecule has 0 saturated heterocycles. The van der Waals surface area contributed by atoms with Gasteiger partial charge in [-0.15, -0.1) is 0 Å². The highest BCUT2D eigenvalue weighted by Gasteiger charge is 2.29. The first-order valence-electron chi connectivity index (χ1n) is 9.57. The summed E-state index contributed by atoms with van der Waals surface area (Å²) in [6.45, 7) is 2.41. The molecule has 2 aromatic heterocycles. The van der Waals surface area contributed by atoms with Crippen LogP contribution in [-0.4, -0.2) is 47.3 Å². The maximum Gasteiger partial charge on any atom is 0.327 e. The van der Waals surface area contributed by atoms with Gasteiger partial charge in [-0.05, 0) is 42.8 Å². The Hall–Kier alpha value is -3.16. The summed E-state index contributed by atoms with van der Waals surface area (Å²) >= 11 is 6.14. The first kappa shape index (κ1) is 20.1. The van der Waals surface area contributed by atoms with Gasteiger partial charge in [0.05, 0.1) is 35.9 Å². The molecule has 30 heavy (non-hydrogen) atoms. The van der Waals surface area contributed by atoms with Crippen molar-refractivity contribution in [3.8, 4) is 11.3 Å². The summed E-state index contributed by atoms with van der Waals surface area (Å²) in [5, 5.41) is 13.9. The van der Waals surface area contributed by atoms with E-state index in [2.05, 4.69) is 10.3 Å². The predicted molar refractivity (Wildman–Crippen MR) is 119 cm³/mol. The summed E-state index contributed by atoms with van der Waals surface area (Å²) in [4.78, 5) is 25.4. The summed E-state index contributed by atoms with van der Waals surface area (Å²) in [5.41, 5.74) is 3.82. The van der Waals surface area contributed by atoms with Crippen LogP contribution in [0.4, 0.5) is 22.0 Å². The van der Waals surface area contributed by atoms with Gasteiger partial charge in [0, 0.05) is 30.4 Å². The van der Waals surface area contributed by atoms with Gasteiger partial charge in [-0.1, -0.05) is 23.7 Å². The molecule has 2 amide bonds. The molecule has 0 unspecified atom stereocenters. The van der Waals surface area contributed by atoms with Crippen LogP contribution in [0.2, 0.25) is 5.02 Å². The van der Waals surface area contributed by atoms with E-state index in [0.29, 0.717) is 28.8 Å². The summed E-state index contributed by atoms with van der Waals surface area (Å²) < 4.78 is 0. The number of urea groups is 1. The van der Waals surface area contributed by atoms with Crippen molar-refractivity contribution in [2.45, 2.75) is 13.0 Å². The van der Waals surface area contributed by atoms with Crippen LogP contribution in [0.15, 0.2) is 54.9 Å². The zero-order valence-electron chi connectivity index (χ0n) is 16.7. The topological polar surface area (TPSA) is 81.6 Å².